The van der Waals surface area contributed by atoms with Crippen LogP contribution in [0.15, 0.2) is 36.9 Å². The fraction of sp³-hybridized carbons (Fsp3) is 0. The Morgan fingerprint density at radius 1 is 1.07 bits per heavy atom. The Kier molecular flexibility index (Phi) is 2.75. The van der Waals surface area contributed by atoms with E-state index < -0.39 is 0 Å². The van der Waals surface area contributed by atoms with Crippen LogP contribution in [0.1, 0.15) is 0 Å². The van der Waals surface area contributed by atoms with Crippen LogP contribution in [0.25, 0.3) is 0 Å². The third-order valence-electron chi connectivity index (χ3n) is 1.64. The molecule has 0 bridgehead atoms. The van der Waals surface area contributed by atoms with Crippen molar-refractivity contribution in [2.45, 2.75) is 0 Å². The summed E-state index contributed by atoms with van der Waals surface area (Å²) in [5.41, 5.74) is 6.63. The standard InChI is InChI=1S/C9H8AsN4/c11-8-4-2-1-3-7(8)10-9-13-5-12-6-14-9/h1-6H,11H2. The van der Waals surface area contributed by atoms with Crippen LogP contribution in [0, 0.1) is 0 Å². The quantitative estimate of drug-likeness (QED) is 0.552. The number of nitrogens with two attached hydrogens (primary N) is 1. The van der Waals surface area contributed by atoms with Crippen LogP contribution in [0.2, 0.25) is 0 Å². The first-order chi connectivity index (χ1) is 6.86. The maximum absolute atomic E-state index is 5.82. The van der Waals surface area contributed by atoms with Crippen molar-refractivity contribution in [3.05, 3.63) is 36.9 Å². The Labute approximate surface area is 88.3 Å². The Balaban J connectivity index is 2.24. The van der Waals surface area contributed by atoms with Crippen molar-refractivity contribution in [2.24, 2.45) is 0 Å². The number of rotatable bonds is 2. The van der Waals surface area contributed by atoms with Gasteiger partial charge in [-0.1, -0.05) is 0 Å². The molecule has 1 radical (unpaired) electrons. The topological polar surface area (TPSA) is 64.7 Å². The van der Waals surface area contributed by atoms with Gasteiger partial charge in [-0.2, -0.15) is 0 Å². The van der Waals surface area contributed by atoms with E-state index in [0.29, 0.717) is 0 Å². The van der Waals surface area contributed by atoms with Gasteiger partial charge in [0.2, 0.25) is 0 Å². The number of nitrogens with zero attached hydrogens (tertiary/aromatic N) is 3. The molecule has 2 aromatic rings. The molecule has 14 heavy (non-hydrogen) atoms. The summed E-state index contributed by atoms with van der Waals surface area (Å²) in [4.78, 5) is 11.9. The fourth-order valence-corrected chi connectivity index (χ4v) is 2.66. The van der Waals surface area contributed by atoms with Crippen molar-refractivity contribution in [3.8, 4) is 0 Å². The SMILES string of the molecule is Nc1ccccc1[As]c1ncncn1. The van der Waals surface area contributed by atoms with Crippen LogP contribution in [0.5, 0.6) is 0 Å². The third kappa shape index (κ3) is 2.09. The van der Waals surface area contributed by atoms with Crippen LogP contribution >= 0.6 is 0 Å². The second-order valence-corrected chi connectivity index (χ2v) is 4.93. The van der Waals surface area contributed by atoms with Crippen LogP contribution in [0.4, 0.5) is 5.69 Å². The zero-order valence-corrected chi connectivity index (χ0v) is 9.21. The molecule has 69 valence electrons. The van der Waals surface area contributed by atoms with Crippen LogP contribution < -0.4 is 14.7 Å². The van der Waals surface area contributed by atoms with Gasteiger partial charge in [-0.05, 0) is 0 Å². The van der Waals surface area contributed by atoms with E-state index >= 15 is 0 Å². The number of benzene rings is 1. The van der Waals surface area contributed by atoms with E-state index in [4.69, 9.17) is 5.73 Å². The molecule has 2 rings (SSSR count). The number of para-hydroxylation sites is 1. The van der Waals surface area contributed by atoms with Gasteiger partial charge in [0.25, 0.3) is 0 Å². The van der Waals surface area contributed by atoms with Gasteiger partial charge in [0.15, 0.2) is 0 Å². The molecule has 1 aromatic carbocycles. The first kappa shape index (κ1) is 9.16. The van der Waals surface area contributed by atoms with E-state index in [2.05, 4.69) is 15.0 Å². The van der Waals surface area contributed by atoms with Crippen molar-refractivity contribution >= 4 is 30.4 Å². The van der Waals surface area contributed by atoms with Crippen LogP contribution in [0.3, 0.4) is 0 Å². The minimum absolute atomic E-state index is 0.228. The van der Waals surface area contributed by atoms with Gasteiger partial charge in [0.1, 0.15) is 0 Å². The first-order valence-corrected chi connectivity index (χ1v) is 5.92. The number of nitrogen functional groups attached to an aromatic ring is 1. The molecule has 1 aromatic heterocycles. The van der Waals surface area contributed by atoms with Crippen LogP contribution in [-0.4, -0.2) is 30.7 Å². The third-order valence-corrected chi connectivity index (χ3v) is 3.90. The van der Waals surface area contributed by atoms with Gasteiger partial charge < -0.3 is 0 Å². The van der Waals surface area contributed by atoms with Gasteiger partial charge in [0, 0.05) is 0 Å². The summed E-state index contributed by atoms with van der Waals surface area (Å²) in [7, 11) is 0. The summed E-state index contributed by atoms with van der Waals surface area (Å²) in [6.07, 6.45) is 3.02. The molecule has 1 heterocycles. The summed E-state index contributed by atoms with van der Waals surface area (Å²) >= 11 is -0.228. The molecule has 0 aliphatic rings. The Hall–Kier alpha value is -1.41. The van der Waals surface area contributed by atoms with Gasteiger partial charge in [0.05, 0.1) is 0 Å². The van der Waals surface area contributed by atoms with E-state index in [1.165, 1.54) is 12.7 Å². The van der Waals surface area contributed by atoms with Gasteiger partial charge >= 0.3 is 88.0 Å². The molecule has 4 nitrogen and oxygen atoms in total. The second kappa shape index (κ2) is 4.20. The van der Waals surface area contributed by atoms with E-state index in [1.807, 2.05) is 24.3 Å². The Morgan fingerprint density at radius 3 is 2.50 bits per heavy atom. The summed E-state index contributed by atoms with van der Waals surface area (Å²) in [5.74, 6) is 0. The molecular weight excluding hydrogens is 239 g/mol. The van der Waals surface area contributed by atoms with Crippen molar-refractivity contribution in [3.63, 3.8) is 0 Å². The van der Waals surface area contributed by atoms with E-state index in [-0.39, 0.29) is 15.8 Å². The molecule has 0 saturated heterocycles. The van der Waals surface area contributed by atoms with Gasteiger partial charge in [-0.3, -0.25) is 0 Å². The molecule has 5 heteroatoms. The number of hydrogen-bond donors (Lipinski definition) is 1. The summed E-state index contributed by atoms with van der Waals surface area (Å²) in [5, 5.41) is 0. The molecule has 0 aliphatic carbocycles. The average Bonchev–Trinajstić information content (AvgIpc) is 2.23. The maximum atomic E-state index is 5.82. The molecule has 0 amide bonds. The van der Waals surface area contributed by atoms with E-state index in [1.54, 1.807) is 0 Å². The molecular formula is C9H8AsN4. The molecule has 0 spiro atoms. The normalized spacial score (nSPS) is 10.9. The molecule has 0 aliphatic heterocycles. The zero-order chi connectivity index (χ0) is 9.80. The Morgan fingerprint density at radius 2 is 1.79 bits per heavy atom. The van der Waals surface area contributed by atoms with Crippen molar-refractivity contribution in [1.29, 1.82) is 0 Å². The number of aromatic nitrogens is 3. The van der Waals surface area contributed by atoms with Crippen molar-refractivity contribution < 1.29 is 0 Å². The molecule has 0 unspecified atom stereocenters. The number of hydrogen-bond acceptors (Lipinski definition) is 4. The van der Waals surface area contributed by atoms with E-state index in [0.717, 1.165) is 14.7 Å². The minimum atomic E-state index is -0.228. The molecule has 0 atom stereocenters. The van der Waals surface area contributed by atoms with Crippen LogP contribution in [-0.2, 0) is 0 Å². The average molecular weight is 247 g/mol. The predicted molar refractivity (Wildman–Crippen MR) is 55.7 cm³/mol. The summed E-state index contributed by atoms with van der Waals surface area (Å²) in [6, 6.07) is 7.81. The van der Waals surface area contributed by atoms with Crippen molar-refractivity contribution in [2.75, 3.05) is 5.73 Å². The summed E-state index contributed by atoms with van der Waals surface area (Å²) in [6.45, 7) is 0. The molecule has 0 fully saturated rings. The Bertz CT molecular complexity index is 418. The predicted octanol–water partition coefficient (Wildman–Crippen LogP) is -0.891. The molecule has 0 saturated carbocycles. The number of anilines is 1. The molecule has 2 N–H and O–H groups in total. The fourth-order valence-electron chi connectivity index (χ4n) is 0.988. The van der Waals surface area contributed by atoms with Gasteiger partial charge in [-0.15, -0.1) is 0 Å². The van der Waals surface area contributed by atoms with E-state index in [9.17, 15) is 0 Å². The zero-order valence-electron chi connectivity index (χ0n) is 7.33. The second-order valence-electron chi connectivity index (χ2n) is 2.61. The summed E-state index contributed by atoms with van der Waals surface area (Å²) < 4.78 is 1.96. The first-order valence-electron chi connectivity index (χ1n) is 4.04. The van der Waals surface area contributed by atoms with Gasteiger partial charge in [-0.25, -0.2) is 0 Å². The van der Waals surface area contributed by atoms with Crippen molar-refractivity contribution in [1.82, 2.24) is 15.0 Å². The monoisotopic (exact) mass is 247 g/mol.